The minimum absolute atomic E-state index is 0.382. The van der Waals surface area contributed by atoms with Crippen molar-refractivity contribution in [3.05, 3.63) is 70.3 Å². The van der Waals surface area contributed by atoms with Crippen LogP contribution in [0.3, 0.4) is 0 Å². The molecule has 1 atom stereocenters. The van der Waals surface area contributed by atoms with E-state index in [2.05, 4.69) is 81.7 Å². The van der Waals surface area contributed by atoms with Gasteiger partial charge in [-0.15, -0.1) is 0 Å². The molecule has 0 saturated heterocycles. The number of hydrogen-bond donors (Lipinski definition) is 2. The number of hydrogen-bond acceptors (Lipinski definition) is 1. The van der Waals surface area contributed by atoms with E-state index in [4.69, 9.17) is 0 Å². The first kappa shape index (κ1) is 14.4. The highest BCUT2D eigenvalue weighted by molar-refractivity contribution is 9.10. The minimum atomic E-state index is 0.382. The Balaban J connectivity index is 1.76. The highest BCUT2D eigenvalue weighted by Crippen LogP contribution is 2.22. The predicted octanol–water partition coefficient (Wildman–Crippen LogP) is 5.17. The van der Waals surface area contributed by atoms with E-state index < -0.39 is 0 Å². The van der Waals surface area contributed by atoms with Gasteiger partial charge in [0.15, 0.2) is 0 Å². The zero-order chi connectivity index (χ0) is 14.7. The van der Waals surface area contributed by atoms with E-state index in [0.29, 0.717) is 6.04 Å². The van der Waals surface area contributed by atoms with E-state index in [0.717, 1.165) is 17.4 Å². The molecule has 108 valence electrons. The van der Waals surface area contributed by atoms with Crippen LogP contribution in [0.4, 0.5) is 0 Å². The largest absolute Gasteiger partial charge is 0.361 e. The third-order valence-corrected chi connectivity index (χ3v) is 4.43. The number of aromatic nitrogens is 1. The average Bonchev–Trinajstić information content (AvgIpc) is 2.99. The molecule has 21 heavy (non-hydrogen) atoms. The van der Waals surface area contributed by atoms with Crippen LogP contribution in [-0.4, -0.2) is 4.98 Å². The number of H-pyrrole nitrogens is 1. The van der Waals surface area contributed by atoms with Gasteiger partial charge in [-0.05, 0) is 41.8 Å². The van der Waals surface area contributed by atoms with E-state index in [1.165, 1.54) is 22.0 Å². The first-order valence-electron chi connectivity index (χ1n) is 7.31. The summed E-state index contributed by atoms with van der Waals surface area (Å²) in [6.07, 6.45) is 3.07. The Morgan fingerprint density at radius 2 is 1.90 bits per heavy atom. The number of rotatable bonds is 5. The van der Waals surface area contributed by atoms with E-state index in [9.17, 15) is 0 Å². The van der Waals surface area contributed by atoms with Crippen molar-refractivity contribution < 1.29 is 0 Å². The van der Waals surface area contributed by atoms with Crippen LogP contribution >= 0.6 is 15.9 Å². The summed E-state index contributed by atoms with van der Waals surface area (Å²) in [5.74, 6) is 0. The maximum absolute atomic E-state index is 3.67. The second-order valence-electron chi connectivity index (χ2n) is 5.25. The molecule has 0 saturated carbocycles. The molecule has 1 aromatic heterocycles. The fourth-order valence-corrected chi connectivity index (χ4v) is 3.00. The standard InChI is InChI=1S/C18H19BrN2/c1-2-17(13-6-8-15(19)9-7-13)21-12-14-4-3-5-18-16(14)10-11-20-18/h3-11,17,20-21H,2,12H2,1H3. The molecule has 0 radical (unpaired) electrons. The normalized spacial score (nSPS) is 12.7. The molecule has 3 rings (SSSR count). The topological polar surface area (TPSA) is 27.8 Å². The fourth-order valence-electron chi connectivity index (χ4n) is 2.73. The van der Waals surface area contributed by atoms with Gasteiger partial charge in [-0.2, -0.15) is 0 Å². The Morgan fingerprint density at radius 1 is 1.10 bits per heavy atom. The Kier molecular flexibility index (Phi) is 4.42. The van der Waals surface area contributed by atoms with Crippen molar-refractivity contribution in [2.24, 2.45) is 0 Å². The van der Waals surface area contributed by atoms with Gasteiger partial charge in [-0.1, -0.05) is 47.1 Å². The summed E-state index contributed by atoms with van der Waals surface area (Å²) in [6, 6.07) is 17.5. The van der Waals surface area contributed by atoms with Crippen molar-refractivity contribution in [3.8, 4) is 0 Å². The molecule has 0 bridgehead atoms. The third kappa shape index (κ3) is 3.20. The molecule has 2 aromatic carbocycles. The van der Waals surface area contributed by atoms with Gasteiger partial charge in [0.25, 0.3) is 0 Å². The van der Waals surface area contributed by atoms with Crippen molar-refractivity contribution in [3.63, 3.8) is 0 Å². The lowest BCUT2D eigenvalue weighted by Crippen LogP contribution is -2.20. The van der Waals surface area contributed by atoms with Gasteiger partial charge in [-0.25, -0.2) is 0 Å². The third-order valence-electron chi connectivity index (χ3n) is 3.90. The number of nitrogens with one attached hydrogen (secondary N) is 2. The Hall–Kier alpha value is -1.58. The van der Waals surface area contributed by atoms with Crippen LogP contribution in [0.15, 0.2) is 59.2 Å². The summed E-state index contributed by atoms with van der Waals surface area (Å²) < 4.78 is 1.12. The van der Waals surface area contributed by atoms with Crippen LogP contribution in [0.1, 0.15) is 30.5 Å². The molecular weight excluding hydrogens is 324 g/mol. The Morgan fingerprint density at radius 3 is 2.67 bits per heavy atom. The number of halogens is 1. The van der Waals surface area contributed by atoms with Crippen molar-refractivity contribution in [1.29, 1.82) is 0 Å². The SMILES string of the molecule is CCC(NCc1cccc2[nH]ccc12)c1ccc(Br)cc1. The molecule has 3 heteroatoms. The first-order chi connectivity index (χ1) is 10.3. The van der Waals surface area contributed by atoms with E-state index in [-0.39, 0.29) is 0 Å². The molecule has 0 spiro atoms. The van der Waals surface area contributed by atoms with Crippen LogP contribution in [0.25, 0.3) is 10.9 Å². The summed E-state index contributed by atoms with van der Waals surface area (Å²) in [6.45, 7) is 3.10. The molecule has 0 aliphatic rings. The molecular formula is C18H19BrN2. The predicted molar refractivity (Wildman–Crippen MR) is 92.3 cm³/mol. The van der Waals surface area contributed by atoms with Crippen LogP contribution in [0.5, 0.6) is 0 Å². The molecule has 0 aliphatic heterocycles. The zero-order valence-electron chi connectivity index (χ0n) is 12.1. The lowest BCUT2D eigenvalue weighted by atomic mass is 10.0. The summed E-state index contributed by atoms with van der Waals surface area (Å²) in [4.78, 5) is 3.27. The highest BCUT2D eigenvalue weighted by Gasteiger charge is 2.09. The quantitative estimate of drug-likeness (QED) is 0.657. The van der Waals surface area contributed by atoms with Gasteiger partial charge >= 0.3 is 0 Å². The Labute approximate surface area is 133 Å². The second kappa shape index (κ2) is 6.46. The van der Waals surface area contributed by atoms with Gasteiger partial charge in [0.1, 0.15) is 0 Å². The minimum Gasteiger partial charge on any atom is -0.361 e. The maximum atomic E-state index is 3.67. The van der Waals surface area contributed by atoms with Crippen LogP contribution in [0.2, 0.25) is 0 Å². The number of fused-ring (bicyclic) bond motifs is 1. The van der Waals surface area contributed by atoms with Crippen molar-refractivity contribution in [1.82, 2.24) is 10.3 Å². The first-order valence-corrected chi connectivity index (χ1v) is 8.11. The number of benzene rings is 2. The van der Waals surface area contributed by atoms with Crippen molar-refractivity contribution in [2.45, 2.75) is 25.9 Å². The van der Waals surface area contributed by atoms with Crippen molar-refractivity contribution in [2.75, 3.05) is 0 Å². The van der Waals surface area contributed by atoms with Crippen LogP contribution < -0.4 is 5.32 Å². The number of aromatic amines is 1. The van der Waals surface area contributed by atoms with Gasteiger partial charge in [0.05, 0.1) is 0 Å². The van der Waals surface area contributed by atoms with Crippen LogP contribution in [-0.2, 0) is 6.54 Å². The van der Waals surface area contributed by atoms with Gasteiger partial charge < -0.3 is 10.3 Å². The van der Waals surface area contributed by atoms with E-state index >= 15 is 0 Å². The van der Waals surface area contributed by atoms with Crippen LogP contribution in [0, 0.1) is 0 Å². The second-order valence-corrected chi connectivity index (χ2v) is 6.17. The molecule has 2 N–H and O–H groups in total. The average molecular weight is 343 g/mol. The van der Waals surface area contributed by atoms with E-state index in [1.807, 2.05) is 6.20 Å². The van der Waals surface area contributed by atoms with Gasteiger partial charge in [0.2, 0.25) is 0 Å². The summed E-state index contributed by atoms with van der Waals surface area (Å²) in [5.41, 5.74) is 3.87. The lowest BCUT2D eigenvalue weighted by Gasteiger charge is -2.18. The maximum Gasteiger partial charge on any atom is 0.0457 e. The molecule has 0 aliphatic carbocycles. The molecule has 3 aromatic rings. The van der Waals surface area contributed by atoms with Crippen molar-refractivity contribution >= 4 is 26.8 Å². The summed E-state index contributed by atoms with van der Waals surface area (Å²) in [5, 5.41) is 4.98. The zero-order valence-corrected chi connectivity index (χ0v) is 13.7. The Bertz CT molecular complexity index is 715. The van der Waals surface area contributed by atoms with E-state index in [1.54, 1.807) is 0 Å². The molecule has 0 fully saturated rings. The smallest absolute Gasteiger partial charge is 0.0457 e. The monoisotopic (exact) mass is 342 g/mol. The molecule has 1 heterocycles. The molecule has 0 amide bonds. The van der Waals surface area contributed by atoms with Gasteiger partial charge in [-0.3, -0.25) is 0 Å². The summed E-state index contributed by atoms with van der Waals surface area (Å²) in [7, 11) is 0. The molecule has 2 nitrogen and oxygen atoms in total. The highest BCUT2D eigenvalue weighted by atomic mass is 79.9. The lowest BCUT2D eigenvalue weighted by molar-refractivity contribution is 0.520. The summed E-state index contributed by atoms with van der Waals surface area (Å²) >= 11 is 3.49. The fraction of sp³-hybridized carbons (Fsp3) is 0.222. The van der Waals surface area contributed by atoms with Gasteiger partial charge in [0, 0.05) is 34.2 Å². The molecule has 1 unspecified atom stereocenters.